The average Bonchev–Trinajstić information content (AvgIpc) is 2.74. The molecule has 1 N–H and O–H groups in total. The zero-order valence-electron chi connectivity index (χ0n) is 15.9. The summed E-state index contributed by atoms with van der Waals surface area (Å²) in [5.74, 6) is 1.81. The number of aliphatic hydroxyl groups is 1. The number of rotatable bonds is 4. The summed E-state index contributed by atoms with van der Waals surface area (Å²) in [5.41, 5.74) is 0.382. The topological polar surface area (TPSA) is 29.5 Å². The van der Waals surface area contributed by atoms with Crippen LogP contribution >= 0.6 is 0 Å². The highest BCUT2D eigenvalue weighted by molar-refractivity contribution is 6.74. The second-order valence-corrected chi connectivity index (χ2v) is 14.5. The second kappa shape index (κ2) is 6.21. The van der Waals surface area contributed by atoms with Gasteiger partial charge in [0.1, 0.15) is 0 Å². The zero-order valence-corrected chi connectivity index (χ0v) is 16.9. The van der Waals surface area contributed by atoms with E-state index in [0.29, 0.717) is 35.9 Å². The molecule has 0 bridgehead atoms. The highest BCUT2D eigenvalue weighted by Gasteiger charge is 2.54. The van der Waals surface area contributed by atoms with Crippen LogP contribution in [0.4, 0.5) is 0 Å². The first-order valence-electron chi connectivity index (χ1n) is 9.31. The van der Waals surface area contributed by atoms with Crippen LogP contribution in [0.2, 0.25) is 18.1 Å². The Morgan fingerprint density at radius 2 is 1.86 bits per heavy atom. The number of fused-ring (bicyclic) bond motifs is 1. The van der Waals surface area contributed by atoms with Crippen LogP contribution in [0.15, 0.2) is 0 Å². The molecule has 0 aliphatic heterocycles. The minimum atomic E-state index is -1.69. The molecule has 3 unspecified atom stereocenters. The van der Waals surface area contributed by atoms with Gasteiger partial charge in [-0.3, -0.25) is 0 Å². The minimum Gasteiger partial charge on any atom is -0.414 e. The lowest BCUT2D eigenvalue weighted by Crippen LogP contribution is -2.50. The van der Waals surface area contributed by atoms with Gasteiger partial charge in [-0.2, -0.15) is 0 Å². The molecule has 0 amide bonds. The molecule has 2 rings (SSSR count). The Labute approximate surface area is 139 Å². The molecule has 2 fully saturated rings. The third kappa shape index (κ3) is 3.18. The van der Waals surface area contributed by atoms with E-state index in [9.17, 15) is 5.11 Å². The molecule has 0 heterocycles. The zero-order chi connectivity index (χ0) is 16.8. The third-order valence-corrected chi connectivity index (χ3v) is 11.9. The van der Waals surface area contributed by atoms with Gasteiger partial charge in [-0.1, -0.05) is 41.0 Å². The molecule has 3 heteroatoms. The molecular weight excluding hydrogens is 288 g/mol. The molecule has 2 saturated carbocycles. The molecule has 130 valence electrons. The Kier molecular flexibility index (Phi) is 5.22. The number of aliphatic hydroxyl groups excluding tert-OH is 1. The Morgan fingerprint density at radius 1 is 1.23 bits per heavy atom. The van der Waals surface area contributed by atoms with Gasteiger partial charge in [0, 0.05) is 12.7 Å². The van der Waals surface area contributed by atoms with E-state index in [1.165, 1.54) is 32.1 Å². The third-order valence-electron chi connectivity index (χ3n) is 7.36. The average molecular weight is 327 g/mol. The van der Waals surface area contributed by atoms with Crippen molar-refractivity contribution in [2.45, 2.75) is 91.0 Å². The minimum absolute atomic E-state index is 0.289. The maximum absolute atomic E-state index is 9.63. The molecule has 0 radical (unpaired) electrons. The Bertz CT molecular complexity index is 387. The first kappa shape index (κ1) is 18.5. The fourth-order valence-electron chi connectivity index (χ4n) is 4.92. The Balaban J connectivity index is 2.17. The van der Waals surface area contributed by atoms with E-state index in [4.69, 9.17) is 4.43 Å². The summed E-state index contributed by atoms with van der Waals surface area (Å²) in [6.45, 7) is 16.9. The first-order chi connectivity index (χ1) is 10.0. The van der Waals surface area contributed by atoms with Crippen molar-refractivity contribution in [1.29, 1.82) is 0 Å². The van der Waals surface area contributed by atoms with Crippen molar-refractivity contribution in [1.82, 2.24) is 0 Å². The van der Waals surface area contributed by atoms with E-state index >= 15 is 0 Å². The molecule has 5 atom stereocenters. The van der Waals surface area contributed by atoms with Gasteiger partial charge < -0.3 is 9.53 Å². The molecule has 0 saturated heterocycles. The summed E-state index contributed by atoms with van der Waals surface area (Å²) in [4.78, 5) is 0. The maximum Gasteiger partial charge on any atom is 0.192 e. The highest BCUT2D eigenvalue weighted by Crippen LogP contribution is 2.59. The Morgan fingerprint density at radius 3 is 2.41 bits per heavy atom. The summed E-state index contributed by atoms with van der Waals surface area (Å²) in [5, 5.41) is 9.92. The molecule has 0 aromatic rings. The van der Waals surface area contributed by atoms with Crippen LogP contribution in [-0.2, 0) is 4.43 Å². The van der Waals surface area contributed by atoms with Gasteiger partial charge in [0.15, 0.2) is 8.32 Å². The lowest BCUT2D eigenvalue weighted by atomic mass is 9.62. The van der Waals surface area contributed by atoms with E-state index in [1.54, 1.807) is 0 Å². The van der Waals surface area contributed by atoms with Crippen LogP contribution in [0.5, 0.6) is 0 Å². The molecule has 0 aromatic carbocycles. The SMILES string of the molecule is C[C@@H](CO)C1CCC2[C@@H](O[Si](C)(C)C(C)(C)C)CCCC21C. The quantitative estimate of drug-likeness (QED) is 0.718. The highest BCUT2D eigenvalue weighted by atomic mass is 28.4. The summed E-state index contributed by atoms with van der Waals surface area (Å²) in [6, 6.07) is 0. The smallest absolute Gasteiger partial charge is 0.192 e. The van der Waals surface area contributed by atoms with Gasteiger partial charge in [0.05, 0.1) is 0 Å². The van der Waals surface area contributed by atoms with E-state index < -0.39 is 8.32 Å². The molecule has 2 aliphatic rings. The van der Waals surface area contributed by atoms with Gasteiger partial charge >= 0.3 is 0 Å². The van der Waals surface area contributed by atoms with Crippen LogP contribution in [0.1, 0.15) is 66.7 Å². The van der Waals surface area contributed by atoms with Gasteiger partial charge in [-0.15, -0.1) is 0 Å². The van der Waals surface area contributed by atoms with Crippen LogP contribution in [0.25, 0.3) is 0 Å². The molecule has 2 aliphatic carbocycles. The normalized spacial score (nSPS) is 37.9. The summed E-state index contributed by atoms with van der Waals surface area (Å²) >= 11 is 0. The summed E-state index contributed by atoms with van der Waals surface area (Å²) < 4.78 is 6.86. The van der Waals surface area contributed by atoms with E-state index in [-0.39, 0.29) is 5.04 Å². The van der Waals surface area contributed by atoms with Crippen molar-refractivity contribution < 1.29 is 9.53 Å². The summed E-state index contributed by atoms with van der Waals surface area (Å²) in [6.07, 6.45) is 6.89. The van der Waals surface area contributed by atoms with Crippen molar-refractivity contribution in [3.63, 3.8) is 0 Å². The van der Waals surface area contributed by atoms with Gasteiger partial charge in [0.2, 0.25) is 0 Å². The van der Waals surface area contributed by atoms with E-state index in [0.717, 1.165) is 0 Å². The second-order valence-electron chi connectivity index (χ2n) is 9.76. The predicted octanol–water partition coefficient (Wildman–Crippen LogP) is 5.22. The number of hydrogen-bond acceptors (Lipinski definition) is 2. The Hall–Kier alpha value is 0.137. The molecule has 2 nitrogen and oxygen atoms in total. The van der Waals surface area contributed by atoms with Crippen molar-refractivity contribution in [3.05, 3.63) is 0 Å². The first-order valence-corrected chi connectivity index (χ1v) is 12.2. The molecule has 0 spiro atoms. The monoisotopic (exact) mass is 326 g/mol. The largest absolute Gasteiger partial charge is 0.414 e. The lowest BCUT2D eigenvalue weighted by molar-refractivity contribution is -0.0259. The molecule has 0 aromatic heterocycles. The van der Waals surface area contributed by atoms with Crippen LogP contribution < -0.4 is 0 Å². The standard InChI is InChI=1S/C19H38O2Si/c1-14(13-20)15-10-11-16-17(9-8-12-19(15,16)5)21-22(6,7)18(2,3)4/h14-17,20H,8-13H2,1-7H3/t14-,15?,16?,17-,19?/m0/s1. The molecular formula is C19H38O2Si. The fraction of sp³-hybridized carbons (Fsp3) is 1.00. The lowest BCUT2D eigenvalue weighted by Gasteiger charge is -2.49. The van der Waals surface area contributed by atoms with E-state index in [1.807, 2.05) is 0 Å². The van der Waals surface area contributed by atoms with Crippen molar-refractivity contribution in [3.8, 4) is 0 Å². The predicted molar refractivity (Wildman–Crippen MR) is 96.5 cm³/mol. The van der Waals surface area contributed by atoms with Gasteiger partial charge in [0.25, 0.3) is 0 Å². The maximum atomic E-state index is 9.63. The van der Waals surface area contributed by atoms with Crippen LogP contribution in [0.3, 0.4) is 0 Å². The van der Waals surface area contributed by atoms with Gasteiger partial charge in [-0.25, -0.2) is 0 Å². The van der Waals surface area contributed by atoms with Crippen molar-refractivity contribution in [2.75, 3.05) is 6.61 Å². The fourth-order valence-corrected chi connectivity index (χ4v) is 6.31. The van der Waals surface area contributed by atoms with Crippen LogP contribution in [-0.4, -0.2) is 26.1 Å². The van der Waals surface area contributed by atoms with Crippen LogP contribution in [0, 0.1) is 23.2 Å². The van der Waals surface area contributed by atoms with E-state index in [2.05, 4.69) is 47.7 Å². The van der Waals surface area contributed by atoms with Crippen molar-refractivity contribution >= 4 is 8.32 Å². The van der Waals surface area contributed by atoms with Crippen molar-refractivity contribution in [2.24, 2.45) is 23.2 Å². The van der Waals surface area contributed by atoms with Gasteiger partial charge in [-0.05, 0) is 67.0 Å². The molecule has 22 heavy (non-hydrogen) atoms. The summed E-state index contributed by atoms with van der Waals surface area (Å²) in [7, 11) is -1.69. The number of hydrogen-bond donors (Lipinski definition) is 1.